The number of halogens is 1. The predicted octanol–water partition coefficient (Wildman–Crippen LogP) is 3.09. The fourth-order valence-electron chi connectivity index (χ4n) is 0.924. The highest BCUT2D eigenvalue weighted by atomic mass is 79.9. The van der Waals surface area contributed by atoms with Gasteiger partial charge in [0.15, 0.2) is 0 Å². The van der Waals surface area contributed by atoms with E-state index in [1.165, 1.54) is 0 Å². The van der Waals surface area contributed by atoms with Gasteiger partial charge in [-0.05, 0) is 33.8 Å². The van der Waals surface area contributed by atoms with Crippen LogP contribution in [0.2, 0.25) is 0 Å². The molecule has 1 unspecified atom stereocenters. The van der Waals surface area contributed by atoms with E-state index in [9.17, 15) is 0 Å². The maximum absolute atomic E-state index is 4.45. The van der Waals surface area contributed by atoms with Gasteiger partial charge in [-0.2, -0.15) is 5.10 Å². The van der Waals surface area contributed by atoms with E-state index in [2.05, 4.69) is 48.7 Å². The summed E-state index contributed by atoms with van der Waals surface area (Å²) in [5, 5.41) is 4.45. The minimum atomic E-state index is 0.0835. The van der Waals surface area contributed by atoms with Crippen molar-refractivity contribution in [1.29, 1.82) is 0 Å². The fourth-order valence-corrected chi connectivity index (χ4v) is 1.17. The van der Waals surface area contributed by atoms with Crippen molar-refractivity contribution in [2.45, 2.75) is 38.1 Å². The molecule has 0 saturated heterocycles. The fraction of sp³-hybridized carbons (Fsp3) is 0.667. The summed E-state index contributed by atoms with van der Waals surface area (Å²) >= 11 is 3.49. The van der Waals surface area contributed by atoms with Gasteiger partial charge in [0.1, 0.15) is 0 Å². The van der Waals surface area contributed by atoms with Crippen molar-refractivity contribution in [3.05, 3.63) is 18.0 Å². The van der Waals surface area contributed by atoms with Gasteiger partial charge < -0.3 is 0 Å². The van der Waals surface area contributed by atoms with Crippen LogP contribution in [-0.4, -0.2) is 9.78 Å². The topological polar surface area (TPSA) is 17.8 Å². The second-order valence-electron chi connectivity index (χ2n) is 3.97. The Kier molecular flexibility index (Phi) is 2.61. The molecule has 12 heavy (non-hydrogen) atoms. The summed E-state index contributed by atoms with van der Waals surface area (Å²) in [6.07, 6.45) is 2.02. The first kappa shape index (κ1) is 9.78. The number of hydrogen-bond acceptors (Lipinski definition) is 1. The Bertz CT molecular complexity index is 258. The van der Waals surface area contributed by atoms with Crippen LogP contribution in [0.5, 0.6) is 0 Å². The number of alkyl halides is 1. The molecule has 0 radical (unpaired) electrons. The van der Waals surface area contributed by atoms with Gasteiger partial charge in [-0.1, -0.05) is 15.9 Å². The van der Waals surface area contributed by atoms with E-state index in [0.717, 1.165) is 5.69 Å². The first-order valence-corrected chi connectivity index (χ1v) is 5.03. The second-order valence-corrected chi connectivity index (χ2v) is 5.35. The predicted molar refractivity (Wildman–Crippen MR) is 54.6 cm³/mol. The molecule has 0 fully saturated rings. The highest BCUT2D eigenvalue weighted by Gasteiger charge is 2.14. The van der Waals surface area contributed by atoms with Gasteiger partial charge in [0.2, 0.25) is 0 Å². The largest absolute Gasteiger partial charge is 0.267 e. The molecule has 1 aromatic heterocycles. The van der Waals surface area contributed by atoms with Crippen LogP contribution in [0.15, 0.2) is 12.3 Å². The molecule has 68 valence electrons. The van der Waals surface area contributed by atoms with Crippen molar-refractivity contribution >= 4 is 15.9 Å². The molecule has 0 N–H and O–H groups in total. The molecular weight excluding hydrogens is 216 g/mol. The summed E-state index contributed by atoms with van der Waals surface area (Å²) in [7, 11) is 0. The molecule has 0 bridgehead atoms. The number of hydrogen-bond donors (Lipinski definition) is 0. The van der Waals surface area contributed by atoms with Gasteiger partial charge in [-0.25, -0.2) is 0 Å². The molecule has 0 aliphatic heterocycles. The Morgan fingerprint density at radius 3 is 2.33 bits per heavy atom. The van der Waals surface area contributed by atoms with Gasteiger partial charge >= 0.3 is 0 Å². The Morgan fingerprint density at radius 2 is 2.08 bits per heavy atom. The van der Waals surface area contributed by atoms with Crippen LogP contribution >= 0.6 is 15.9 Å². The molecule has 0 saturated carbocycles. The first-order chi connectivity index (χ1) is 5.41. The van der Waals surface area contributed by atoms with Crippen molar-refractivity contribution in [1.82, 2.24) is 9.78 Å². The van der Waals surface area contributed by atoms with E-state index in [1.807, 2.05) is 16.9 Å². The van der Waals surface area contributed by atoms with Crippen LogP contribution in [0.25, 0.3) is 0 Å². The molecule has 0 aliphatic carbocycles. The first-order valence-electron chi connectivity index (χ1n) is 4.11. The normalized spacial score (nSPS) is 14.8. The molecule has 0 aliphatic rings. The Labute approximate surface area is 82.1 Å². The van der Waals surface area contributed by atoms with Crippen molar-refractivity contribution in [2.75, 3.05) is 0 Å². The SMILES string of the molecule is CC(Br)c1ccn(C(C)(C)C)n1. The van der Waals surface area contributed by atoms with Crippen molar-refractivity contribution < 1.29 is 0 Å². The van der Waals surface area contributed by atoms with E-state index in [-0.39, 0.29) is 5.54 Å². The summed E-state index contributed by atoms with van der Waals surface area (Å²) in [6, 6.07) is 2.05. The molecule has 3 heteroatoms. The monoisotopic (exact) mass is 230 g/mol. The van der Waals surface area contributed by atoms with E-state index in [0.29, 0.717) is 4.83 Å². The van der Waals surface area contributed by atoms with Crippen LogP contribution in [0.3, 0.4) is 0 Å². The molecule has 1 heterocycles. The lowest BCUT2D eigenvalue weighted by atomic mass is 10.1. The summed E-state index contributed by atoms with van der Waals surface area (Å²) in [5.74, 6) is 0. The smallest absolute Gasteiger partial charge is 0.0758 e. The van der Waals surface area contributed by atoms with Gasteiger partial charge in [-0.15, -0.1) is 0 Å². The Morgan fingerprint density at radius 1 is 1.50 bits per heavy atom. The minimum absolute atomic E-state index is 0.0835. The maximum Gasteiger partial charge on any atom is 0.0758 e. The average molecular weight is 231 g/mol. The number of aromatic nitrogens is 2. The second kappa shape index (κ2) is 3.21. The van der Waals surface area contributed by atoms with Crippen LogP contribution in [0, 0.1) is 0 Å². The van der Waals surface area contributed by atoms with Gasteiger partial charge in [0, 0.05) is 6.20 Å². The highest BCUT2D eigenvalue weighted by Crippen LogP contribution is 2.21. The zero-order chi connectivity index (χ0) is 9.35. The Hall–Kier alpha value is -0.310. The maximum atomic E-state index is 4.45. The quantitative estimate of drug-likeness (QED) is 0.679. The third-order valence-corrected chi connectivity index (χ3v) is 2.17. The summed E-state index contributed by atoms with van der Waals surface area (Å²) in [6.45, 7) is 8.50. The van der Waals surface area contributed by atoms with Crippen LogP contribution in [-0.2, 0) is 5.54 Å². The van der Waals surface area contributed by atoms with Gasteiger partial charge in [-0.3, -0.25) is 4.68 Å². The van der Waals surface area contributed by atoms with Crippen LogP contribution in [0.4, 0.5) is 0 Å². The molecular formula is C9H15BrN2. The third-order valence-electron chi connectivity index (χ3n) is 1.70. The molecule has 2 nitrogen and oxygen atoms in total. The van der Waals surface area contributed by atoms with Crippen molar-refractivity contribution in [3.63, 3.8) is 0 Å². The lowest BCUT2D eigenvalue weighted by Crippen LogP contribution is -2.22. The standard InChI is InChI=1S/C9H15BrN2/c1-7(10)8-5-6-12(11-8)9(2,3)4/h5-7H,1-4H3. The lowest BCUT2D eigenvalue weighted by molar-refractivity contribution is 0.353. The minimum Gasteiger partial charge on any atom is -0.267 e. The van der Waals surface area contributed by atoms with Gasteiger partial charge in [0.05, 0.1) is 16.1 Å². The Balaban J connectivity index is 2.92. The van der Waals surface area contributed by atoms with Crippen LogP contribution in [0.1, 0.15) is 38.2 Å². The zero-order valence-corrected chi connectivity index (χ0v) is 9.59. The molecule has 0 spiro atoms. The van der Waals surface area contributed by atoms with E-state index in [4.69, 9.17) is 0 Å². The van der Waals surface area contributed by atoms with Crippen molar-refractivity contribution in [2.24, 2.45) is 0 Å². The molecule has 1 aromatic rings. The number of rotatable bonds is 1. The summed E-state index contributed by atoms with van der Waals surface area (Å²) < 4.78 is 1.99. The zero-order valence-electron chi connectivity index (χ0n) is 8.00. The summed E-state index contributed by atoms with van der Waals surface area (Å²) in [4.78, 5) is 0.334. The summed E-state index contributed by atoms with van der Waals surface area (Å²) in [5.41, 5.74) is 1.17. The highest BCUT2D eigenvalue weighted by molar-refractivity contribution is 9.09. The number of nitrogens with zero attached hydrogens (tertiary/aromatic N) is 2. The van der Waals surface area contributed by atoms with E-state index in [1.54, 1.807) is 0 Å². The third kappa shape index (κ3) is 2.09. The molecule has 0 amide bonds. The average Bonchev–Trinajstić information content (AvgIpc) is 2.30. The molecule has 0 aromatic carbocycles. The molecule has 1 rings (SSSR count). The van der Waals surface area contributed by atoms with Crippen LogP contribution < -0.4 is 0 Å². The van der Waals surface area contributed by atoms with Gasteiger partial charge in [0.25, 0.3) is 0 Å². The van der Waals surface area contributed by atoms with E-state index >= 15 is 0 Å². The molecule has 1 atom stereocenters. The van der Waals surface area contributed by atoms with E-state index < -0.39 is 0 Å². The van der Waals surface area contributed by atoms with Crippen molar-refractivity contribution in [3.8, 4) is 0 Å². The lowest BCUT2D eigenvalue weighted by Gasteiger charge is -2.18.